The smallest absolute Gasteiger partial charge is 0.326 e. The Bertz CT molecular complexity index is 1350. The molecule has 0 saturated carbocycles. The van der Waals surface area contributed by atoms with E-state index in [0.717, 1.165) is 50.3 Å². The van der Waals surface area contributed by atoms with Crippen molar-refractivity contribution in [2.24, 2.45) is 0 Å². The monoisotopic (exact) mass is 469 g/mol. The maximum absolute atomic E-state index is 12.9. The predicted molar refractivity (Wildman–Crippen MR) is 141 cm³/mol. The second-order valence-corrected chi connectivity index (χ2v) is 8.97. The van der Waals surface area contributed by atoms with Crippen molar-refractivity contribution in [3.05, 3.63) is 94.4 Å². The topological polar surface area (TPSA) is 73.4 Å². The molecule has 7 heteroatoms. The third kappa shape index (κ3) is 5.15. The van der Waals surface area contributed by atoms with Gasteiger partial charge in [-0.3, -0.25) is 9.36 Å². The molecular weight excluding hydrogens is 438 g/mol. The Labute approximate surface area is 205 Å². The Hall–Kier alpha value is -3.84. The number of piperazine rings is 1. The molecule has 0 atom stereocenters. The number of rotatable bonds is 7. The van der Waals surface area contributed by atoms with Crippen LogP contribution in [0.1, 0.15) is 22.8 Å². The van der Waals surface area contributed by atoms with Crippen molar-refractivity contribution >= 4 is 28.3 Å². The normalized spacial score (nSPS) is 14.4. The Morgan fingerprint density at radius 3 is 2.40 bits per heavy atom. The number of hydrogen-bond acceptors (Lipinski definition) is 4. The number of carbonyl (C=O) groups excluding carboxylic acids is 1. The molecule has 1 aromatic heterocycles. The van der Waals surface area contributed by atoms with Crippen LogP contribution in [0.25, 0.3) is 11.0 Å². The molecule has 4 aromatic rings. The quantitative estimate of drug-likeness (QED) is 0.430. The zero-order chi connectivity index (χ0) is 24.2. The van der Waals surface area contributed by atoms with Gasteiger partial charge in [-0.15, -0.1) is 0 Å². The lowest BCUT2D eigenvalue weighted by Crippen LogP contribution is -2.46. The fourth-order valence-corrected chi connectivity index (χ4v) is 4.69. The molecule has 1 fully saturated rings. The van der Waals surface area contributed by atoms with E-state index in [-0.39, 0.29) is 11.6 Å². The zero-order valence-electron chi connectivity index (χ0n) is 20.0. The summed E-state index contributed by atoms with van der Waals surface area (Å²) in [7, 11) is 0. The van der Waals surface area contributed by atoms with Crippen LogP contribution in [0.3, 0.4) is 0 Å². The SMILES string of the molecule is CCN1CCN(c2ccc(NC(=O)c3ccc4c(c3)[nH]c(=O)n4CCc3ccccc3)cc2)CC1. The number of nitrogens with one attached hydrogen (secondary N) is 2. The van der Waals surface area contributed by atoms with E-state index in [1.807, 2.05) is 36.4 Å². The number of aryl methyl sites for hydroxylation is 2. The van der Waals surface area contributed by atoms with E-state index in [4.69, 9.17) is 0 Å². The van der Waals surface area contributed by atoms with Crippen molar-refractivity contribution in [1.82, 2.24) is 14.5 Å². The maximum Gasteiger partial charge on any atom is 0.326 e. The van der Waals surface area contributed by atoms with Gasteiger partial charge in [0.15, 0.2) is 0 Å². The van der Waals surface area contributed by atoms with E-state index in [1.165, 1.54) is 11.3 Å². The molecule has 1 aliphatic heterocycles. The van der Waals surface area contributed by atoms with Crippen LogP contribution in [0.2, 0.25) is 0 Å². The summed E-state index contributed by atoms with van der Waals surface area (Å²) < 4.78 is 1.73. The fraction of sp³-hybridized carbons (Fsp3) is 0.286. The number of amides is 1. The summed E-state index contributed by atoms with van der Waals surface area (Å²) in [6, 6.07) is 23.5. The Balaban J connectivity index is 1.25. The number of benzene rings is 3. The second kappa shape index (κ2) is 10.2. The summed E-state index contributed by atoms with van der Waals surface area (Å²) in [6.45, 7) is 8.06. The predicted octanol–water partition coefficient (Wildman–Crippen LogP) is 3.97. The lowest BCUT2D eigenvalue weighted by Gasteiger charge is -2.35. The third-order valence-corrected chi connectivity index (χ3v) is 6.81. The minimum Gasteiger partial charge on any atom is -0.369 e. The molecule has 1 saturated heterocycles. The summed E-state index contributed by atoms with van der Waals surface area (Å²) in [5, 5.41) is 2.97. The van der Waals surface area contributed by atoms with Crippen LogP contribution in [0.15, 0.2) is 77.6 Å². The molecule has 0 unspecified atom stereocenters. The molecular formula is C28H31N5O2. The average molecular weight is 470 g/mol. The molecule has 0 aliphatic carbocycles. The molecule has 3 aromatic carbocycles. The molecule has 1 aliphatic rings. The molecule has 2 heterocycles. The lowest BCUT2D eigenvalue weighted by molar-refractivity contribution is 0.102. The molecule has 1 amide bonds. The van der Waals surface area contributed by atoms with Crippen molar-refractivity contribution in [2.75, 3.05) is 42.9 Å². The number of fused-ring (bicyclic) bond motifs is 1. The van der Waals surface area contributed by atoms with Gasteiger partial charge in [-0.2, -0.15) is 0 Å². The highest BCUT2D eigenvalue weighted by Crippen LogP contribution is 2.21. The Kier molecular flexibility index (Phi) is 6.68. The molecule has 0 spiro atoms. The van der Waals surface area contributed by atoms with Gasteiger partial charge in [-0.25, -0.2) is 4.79 Å². The first kappa shape index (κ1) is 22.9. The van der Waals surface area contributed by atoms with Crippen LogP contribution < -0.4 is 15.9 Å². The lowest BCUT2D eigenvalue weighted by atomic mass is 10.1. The van der Waals surface area contributed by atoms with E-state index < -0.39 is 0 Å². The summed E-state index contributed by atoms with van der Waals surface area (Å²) in [4.78, 5) is 33.1. The number of aromatic nitrogens is 2. The van der Waals surface area contributed by atoms with Gasteiger partial charge in [0.05, 0.1) is 11.0 Å². The van der Waals surface area contributed by atoms with E-state index in [2.05, 4.69) is 51.3 Å². The maximum atomic E-state index is 12.9. The van der Waals surface area contributed by atoms with Gasteiger partial charge in [0.1, 0.15) is 0 Å². The summed E-state index contributed by atoms with van der Waals surface area (Å²) in [6.07, 6.45) is 0.764. The van der Waals surface area contributed by atoms with Gasteiger partial charge in [0.2, 0.25) is 0 Å². The summed E-state index contributed by atoms with van der Waals surface area (Å²) in [5.41, 5.74) is 4.92. The van der Waals surface area contributed by atoms with Crippen LogP contribution in [-0.2, 0) is 13.0 Å². The number of hydrogen-bond donors (Lipinski definition) is 2. The van der Waals surface area contributed by atoms with Gasteiger partial charge in [0.25, 0.3) is 5.91 Å². The van der Waals surface area contributed by atoms with Crippen molar-refractivity contribution in [2.45, 2.75) is 19.9 Å². The van der Waals surface area contributed by atoms with Crippen molar-refractivity contribution < 1.29 is 4.79 Å². The highest BCUT2D eigenvalue weighted by Gasteiger charge is 2.16. The minimum atomic E-state index is -0.200. The van der Waals surface area contributed by atoms with Gasteiger partial charge in [-0.05, 0) is 61.0 Å². The molecule has 35 heavy (non-hydrogen) atoms. The first-order chi connectivity index (χ1) is 17.1. The number of nitrogens with zero attached hydrogens (tertiary/aromatic N) is 3. The molecule has 2 N–H and O–H groups in total. The van der Waals surface area contributed by atoms with Gasteiger partial charge >= 0.3 is 5.69 Å². The number of H-pyrrole nitrogens is 1. The van der Waals surface area contributed by atoms with Crippen LogP contribution in [-0.4, -0.2) is 53.1 Å². The molecule has 180 valence electrons. The molecule has 0 radical (unpaired) electrons. The van der Waals surface area contributed by atoms with Crippen LogP contribution in [0.5, 0.6) is 0 Å². The van der Waals surface area contributed by atoms with Gasteiger partial charge < -0.3 is 20.1 Å². The Morgan fingerprint density at radius 1 is 0.943 bits per heavy atom. The number of aromatic amines is 1. The first-order valence-electron chi connectivity index (χ1n) is 12.3. The van der Waals surface area contributed by atoms with Crippen LogP contribution in [0, 0.1) is 0 Å². The number of imidazole rings is 1. The van der Waals surface area contributed by atoms with Crippen molar-refractivity contribution in [3.8, 4) is 0 Å². The van der Waals surface area contributed by atoms with Gasteiger partial charge in [-0.1, -0.05) is 37.3 Å². The third-order valence-electron chi connectivity index (χ3n) is 6.81. The average Bonchev–Trinajstić information content (AvgIpc) is 3.22. The van der Waals surface area contributed by atoms with Crippen LogP contribution >= 0.6 is 0 Å². The Morgan fingerprint density at radius 2 is 1.69 bits per heavy atom. The van der Waals surface area contributed by atoms with E-state index in [9.17, 15) is 9.59 Å². The van der Waals surface area contributed by atoms with Gasteiger partial charge in [0, 0.05) is 49.7 Å². The van der Waals surface area contributed by atoms with Crippen LogP contribution in [0.4, 0.5) is 11.4 Å². The standard InChI is InChI=1S/C28H31N5O2/c1-2-31-16-18-32(19-17-31)24-11-9-23(10-12-24)29-27(34)22-8-13-26-25(20-22)30-28(35)33(26)15-14-21-6-4-3-5-7-21/h3-13,20H,2,14-19H2,1H3,(H,29,34)(H,30,35). The van der Waals surface area contributed by atoms with Crippen molar-refractivity contribution in [1.29, 1.82) is 0 Å². The zero-order valence-corrected chi connectivity index (χ0v) is 20.0. The number of carbonyl (C=O) groups is 1. The highest BCUT2D eigenvalue weighted by atomic mass is 16.2. The minimum absolute atomic E-state index is 0.163. The molecule has 0 bridgehead atoms. The first-order valence-corrected chi connectivity index (χ1v) is 12.3. The largest absolute Gasteiger partial charge is 0.369 e. The highest BCUT2D eigenvalue weighted by molar-refractivity contribution is 6.06. The number of anilines is 2. The van der Waals surface area contributed by atoms with E-state index in [0.29, 0.717) is 17.6 Å². The molecule has 5 rings (SSSR count). The number of likely N-dealkylation sites (N-methyl/N-ethyl adjacent to an activating group) is 1. The van der Waals surface area contributed by atoms with E-state index in [1.54, 1.807) is 16.7 Å². The summed E-state index contributed by atoms with van der Waals surface area (Å²) >= 11 is 0. The van der Waals surface area contributed by atoms with E-state index >= 15 is 0 Å². The molecule has 7 nitrogen and oxygen atoms in total. The second-order valence-electron chi connectivity index (χ2n) is 8.97. The summed E-state index contributed by atoms with van der Waals surface area (Å²) in [5.74, 6) is -0.200. The van der Waals surface area contributed by atoms with Crippen molar-refractivity contribution in [3.63, 3.8) is 0 Å². The fourth-order valence-electron chi connectivity index (χ4n) is 4.69.